The van der Waals surface area contributed by atoms with Gasteiger partial charge >= 0.3 is 5.97 Å². The molecule has 3 fully saturated rings. The molecule has 0 unspecified atom stereocenters. The zero-order chi connectivity index (χ0) is 19.6. The van der Waals surface area contributed by atoms with Crippen molar-refractivity contribution >= 4 is 5.97 Å². The van der Waals surface area contributed by atoms with Crippen LogP contribution in [0.2, 0.25) is 0 Å². The lowest BCUT2D eigenvalue weighted by Gasteiger charge is -2.60. The van der Waals surface area contributed by atoms with Crippen molar-refractivity contribution in [2.75, 3.05) is 0 Å². The quantitative estimate of drug-likeness (QED) is 0.654. The minimum Gasteiger partial charge on any atom is -0.481 e. The molecule has 3 saturated carbocycles. The van der Waals surface area contributed by atoms with E-state index in [0.717, 1.165) is 38.5 Å². The molecule has 4 aliphatic carbocycles. The summed E-state index contributed by atoms with van der Waals surface area (Å²) in [7, 11) is 0. The average molecular weight is 377 g/mol. The number of aliphatic hydroxyl groups excluding tert-OH is 2. The highest BCUT2D eigenvalue weighted by atomic mass is 16.4. The average Bonchev–Trinajstić information content (AvgIpc) is 2.95. The highest BCUT2D eigenvalue weighted by Crippen LogP contribution is 2.66. The summed E-state index contributed by atoms with van der Waals surface area (Å²) < 4.78 is 0. The molecular formula is C23H36O4. The number of aliphatic hydroxyl groups is 2. The van der Waals surface area contributed by atoms with Crippen molar-refractivity contribution in [2.24, 2.45) is 46.3 Å². The van der Waals surface area contributed by atoms with Crippen LogP contribution >= 0.6 is 0 Å². The molecule has 0 bridgehead atoms. The second kappa shape index (κ2) is 6.59. The fourth-order valence-corrected chi connectivity index (χ4v) is 7.95. The van der Waals surface area contributed by atoms with E-state index < -0.39 is 5.97 Å². The molecule has 27 heavy (non-hydrogen) atoms. The van der Waals surface area contributed by atoms with E-state index >= 15 is 0 Å². The summed E-state index contributed by atoms with van der Waals surface area (Å²) in [5, 5.41) is 30.8. The highest BCUT2D eigenvalue weighted by molar-refractivity contribution is 5.67. The van der Waals surface area contributed by atoms with Gasteiger partial charge in [0.1, 0.15) is 0 Å². The Balaban J connectivity index is 1.64. The zero-order valence-electron chi connectivity index (χ0n) is 17.0. The first-order chi connectivity index (χ1) is 12.7. The monoisotopic (exact) mass is 376 g/mol. The van der Waals surface area contributed by atoms with Crippen LogP contribution in [0.4, 0.5) is 0 Å². The fraction of sp³-hybridized carbons (Fsp3) is 0.870. The van der Waals surface area contributed by atoms with Crippen LogP contribution in [-0.2, 0) is 4.79 Å². The molecule has 0 aliphatic heterocycles. The van der Waals surface area contributed by atoms with Crippen molar-refractivity contribution in [1.29, 1.82) is 0 Å². The third-order valence-electron chi connectivity index (χ3n) is 9.50. The molecule has 0 aromatic heterocycles. The molecule has 0 saturated heterocycles. The molecule has 0 spiro atoms. The normalized spacial score (nSPS) is 52.6. The zero-order valence-corrected chi connectivity index (χ0v) is 17.0. The molecule has 3 N–H and O–H groups in total. The summed E-state index contributed by atoms with van der Waals surface area (Å²) in [4.78, 5) is 11.3. The van der Waals surface area contributed by atoms with Crippen molar-refractivity contribution < 1.29 is 20.1 Å². The molecule has 10 atom stereocenters. The predicted octanol–water partition coefficient (Wildman–Crippen LogP) is 3.86. The minimum atomic E-state index is -0.730. The van der Waals surface area contributed by atoms with E-state index in [1.807, 2.05) is 0 Å². The number of allylic oxidation sites excluding steroid dienone is 2. The smallest absolute Gasteiger partial charge is 0.303 e. The Morgan fingerprint density at radius 2 is 1.85 bits per heavy atom. The summed E-state index contributed by atoms with van der Waals surface area (Å²) in [6.45, 7) is 6.68. The van der Waals surface area contributed by atoms with Crippen molar-refractivity contribution in [3.8, 4) is 0 Å². The number of carboxylic acids is 1. The van der Waals surface area contributed by atoms with Gasteiger partial charge in [0, 0.05) is 6.42 Å². The van der Waals surface area contributed by atoms with Crippen molar-refractivity contribution in [1.82, 2.24) is 0 Å². The Bertz CT molecular complexity index is 630. The molecule has 0 aromatic rings. The number of carboxylic acid groups (broad SMARTS) is 1. The van der Waals surface area contributed by atoms with Crippen LogP contribution in [0, 0.1) is 46.3 Å². The molecule has 4 aliphatic rings. The van der Waals surface area contributed by atoms with E-state index in [1.54, 1.807) is 0 Å². The van der Waals surface area contributed by atoms with Crippen LogP contribution in [-0.4, -0.2) is 33.5 Å². The van der Waals surface area contributed by atoms with Crippen LogP contribution < -0.4 is 0 Å². The number of carbonyl (C=O) groups is 1. The fourth-order valence-electron chi connectivity index (χ4n) is 7.95. The summed E-state index contributed by atoms with van der Waals surface area (Å²) >= 11 is 0. The number of hydrogen-bond donors (Lipinski definition) is 3. The van der Waals surface area contributed by atoms with Gasteiger partial charge in [0.25, 0.3) is 0 Å². The lowest BCUT2D eigenvalue weighted by molar-refractivity contribution is -0.149. The van der Waals surface area contributed by atoms with Gasteiger partial charge in [-0.05, 0) is 84.9 Å². The van der Waals surface area contributed by atoms with E-state index in [2.05, 4.69) is 32.9 Å². The molecule has 0 aromatic carbocycles. The summed E-state index contributed by atoms with van der Waals surface area (Å²) in [5.41, 5.74) is -0.0104. The second-order valence-electron chi connectivity index (χ2n) is 10.6. The Morgan fingerprint density at radius 3 is 2.56 bits per heavy atom. The van der Waals surface area contributed by atoms with Crippen LogP contribution in [0.1, 0.15) is 65.7 Å². The van der Waals surface area contributed by atoms with Gasteiger partial charge in [-0.1, -0.05) is 32.9 Å². The standard InChI is InChI=1S/C23H36O4/c1-13(10-21(26)27)17-6-7-18-16-5-4-14-11-15(24)8-9-22(14,2)19(16)12-20(25)23(17,18)3/h4-5,13-20,24-25H,6-12H2,1-3H3,(H,26,27)/t13-,14-,15-,16+,17-,18+,19+,20+,22-,23+/m0/s1. The van der Waals surface area contributed by atoms with Gasteiger partial charge in [-0.15, -0.1) is 0 Å². The van der Waals surface area contributed by atoms with E-state index in [0.29, 0.717) is 23.7 Å². The number of hydrogen-bond acceptors (Lipinski definition) is 3. The maximum absolute atomic E-state index is 11.4. The molecular weight excluding hydrogens is 340 g/mol. The van der Waals surface area contributed by atoms with E-state index in [-0.39, 0.29) is 41.3 Å². The first-order valence-corrected chi connectivity index (χ1v) is 10.9. The summed E-state index contributed by atoms with van der Waals surface area (Å²) in [5.74, 6) is 1.46. The van der Waals surface area contributed by atoms with Gasteiger partial charge in [-0.2, -0.15) is 0 Å². The van der Waals surface area contributed by atoms with Gasteiger partial charge < -0.3 is 15.3 Å². The minimum absolute atomic E-state index is 0.101. The predicted molar refractivity (Wildman–Crippen MR) is 104 cm³/mol. The molecule has 0 radical (unpaired) electrons. The molecule has 0 heterocycles. The van der Waals surface area contributed by atoms with Crippen molar-refractivity contribution in [2.45, 2.75) is 77.9 Å². The topological polar surface area (TPSA) is 77.8 Å². The van der Waals surface area contributed by atoms with Gasteiger partial charge in [0.2, 0.25) is 0 Å². The molecule has 4 nitrogen and oxygen atoms in total. The molecule has 4 heteroatoms. The van der Waals surface area contributed by atoms with Crippen LogP contribution in [0.25, 0.3) is 0 Å². The van der Waals surface area contributed by atoms with E-state index in [1.165, 1.54) is 0 Å². The largest absolute Gasteiger partial charge is 0.481 e. The molecule has 0 amide bonds. The Labute approximate surface area is 163 Å². The Morgan fingerprint density at radius 1 is 1.11 bits per heavy atom. The number of aliphatic carboxylic acids is 1. The highest BCUT2D eigenvalue weighted by Gasteiger charge is 2.62. The van der Waals surface area contributed by atoms with E-state index in [4.69, 9.17) is 0 Å². The second-order valence-corrected chi connectivity index (χ2v) is 10.6. The number of fused-ring (bicyclic) bond motifs is 5. The van der Waals surface area contributed by atoms with Gasteiger partial charge in [-0.25, -0.2) is 0 Å². The van der Waals surface area contributed by atoms with Gasteiger partial charge in [0.05, 0.1) is 12.2 Å². The van der Waals surface area contributed by atoms with E-state index in [9.17, 15) is 20.1 Å². The van der Waals surface area contributed by atoms with Crippen LogP contribution in [0.3, 0.4) is 0 Å². The number of rotatable bonds is 3. The van der Waals surface area contributed by atoms with Gasteiger partial charge in [-0.3, -0.25) is 4.79 Å². The third-order valence-corrected chi connectivity index (χ3v) is 9.50. The van der Waals surface area contributed by atoms with Crippen LogP contribution in [0.15, 0.2) is 12.2 Å². The summed E-state index contributed by atoms with van der Waals surface area (Å²) in [6, 6.07) is 0. The molecule has 152 valence electrons. The van der Waals surface area contributed by atoms with Gasteiger partial charge in [0.15, 0.2) is 0 Å². The Hall–Kier alpha value is -0.870. The first-order valence-electron chi connectivity index (χ1n) is 10.9. The lowest BCUT2D eigenvalue weighted by atomic mass is 9.45. The third kappa shape index (κ3) is 2.81. The maximum atomic E-state index is 11.4. The Kier molecular flexibility index (Phi) is 4.74. The van der Waals surface area contributed by atoms with Crippen molar-refractivity contribution in [3.63, 3.8) is 0 Å². The lowest BCUT2D eigenvalue weighted by Crippen LogP contribution is -2.57. The first kappa shape index (κ1) is 19.4. The maximum Gasteiger partial charge on any atom is 0.303 e. The van der Waals surface area contributed by atoms with Crippen molar-refractivity contribution in [3.05, 3.63) is 12.2 Å². The summed E-state index contributed by atoms with van der Waals surface area (Å²) in [6.07, 6.45) is 10.2. The van der Waals surface area contributed by atoms with Crippen LogP contribution in [0.5, 0.6) is 0 Å². The molecule has 4 rings (SSSR count). The SMILES string of the molecule is C[C@@H](CC(=O)O)[C@@H]1CC[C@@H]2[C@H]3C=C[C@H]4C[C@@H](O)CC[C@]4(C)[C@@H]3C[C@@H](O)[C@@]21C.